The van der Waals surface area contributed by atoms with Crippen LogP contribution in [0, 0.1) is 5.82 Å². The maximum absolute atomic E-state index is 13.6. The highest BCUT2D eigenvalue weighted by atomic mass is 35.5. The second-order valence-electron chi connectivity index (χ2n) is 6.31. The number of nitrogens with one attached hydrogen (secondary N) is 2. The summed E-state index contributed by atoms with van der Waals surface area (Å²) in [6.45, 7) is 2.79. The fourth-order valence-corrected chi connectivity index (χ4v) is 4.15. The summed E-state index contributed by atoms with van der Waals surface area (Å²) in [6, 6.07) is 7.39. The lowest BCUT2D eigenvalue weighted by atomic mass is 10.1. The fourth-order valence-electron chi connectivity index (χ4n) is 2.53. The van der Waals surface area contributed by atoms with Gasteiger partial charge in [0.1, 0.15) is 5.82 Å². The van der Waals surface area contributed by atoms with Gasteiger partial charge in [-0.2, -0.15) is 0 Å². The van der Waals surface area contributed by atoms with Crippen molar-refractivity contribution in [2.75, 3.05) is 6.54 Å². The predicted octanol–water partition coefficient (Wildman–Crippen LogP) is 3.88. The van der Waals surface area contributed by atoms with E-state index in [0.29, 0.717) is 5.56 Å². The van der Waals surface area contributed by atoms with Gasteiger partial charge in [-0.25, -0.2) is 17.5 Å². The fraction of sp³-hybridized carbons (Fsp3) is 0.263. The van der Waals surface area contributed by atoms with E-state index in [0.717, 1.165) is 6.07 Å². The predicted molar refractivity (Wildman–Crippen MR) is 109 cm³/mol. The largest absolute Gasteiger partial charge is 0.349 e. The molecule has 29 heavy (non-hydrogen) atoms. The SMILES string of the molecule is CC(=O)c1cccc(S(=O)(=O)NCCC(=O)NC(C)c2cc(F)c(Cl)cc2Cl)c1. The minimum atomic E-state index is -3.88. The van der Waals surface area contributed by atoms with Gasteiger partial charge in [-0.15, -0.1) is 0 Å². The first-order valence-electron chi connectivity index (χ1n) is 8.55. The molecule has 1 atom stereocenters. The Hall–Kier alpha value is -2.00. The van der Waals surface area contributed by atoms with Crippen LogP contribution in [0.5, 0.6) is 0 Å². The number of Topliss-reactive ketones (excluding diaryl/α,β-unsaturated/α-hetero) is 1. The molecule has 6 nitrogen and oxygen atoms in total. The van der Waals surface area contributed by atoms with Gasteiger partial charge in [0.05, 0.1) is 16.0 Å². The van der Waals surface area contributed by atoms with Crippen molar-refractivity contribution in [2.45, 2.75) is 31.2 Å². The van der Waals surface area contributed by atoms with E-state index in [1.165, 1.54) is 37.3 Å². The Labute approximate surface area is 178 Å². The van der Waals surface area contributed by atoms with Crippen molar-refractivity contribution >= 4 is 44.9 Å². The Balaban J connectivity index is 1.95. The first-order valence-corrected chi connectivity index (χ1v) is 10.8. The maximum Gasteiger partial charge on any atom is 0.240 e. The molecule has 0 spiro atoms. The quantitative estimate of drug-likeness (QED) is 0.461. The first-order chi connectivity index (χ1) is 13.5. The zero-order valence-corrected chi connectivity index (χ0v) is 18.0. The maximum atomic E-state index is 13.6. The lowest BCUT2D eigenvalue weighted by Gasteiger charge is -2.16. The minimum absolute atomic E-state index is 0.0672. The summed E-state index contributed by atoms with van der Waals surface area (Å²) in [7, 11) is -3.88. The van der Waals surface area contributed by atoms with Crippen LogP contribution in [0.4, 0.5) is 4.39 Å². The highest BCUT2D eigenvalue weighted by molar-refractivity contribution is 7.89. The van der Waals surface area contributed by atoms with Crippen LogP contribution in [0.1, 0.15) is 42.2 Å². The molecule has 0 radical (unpaired) electrons. The van der Waals surface area contributed by atoms with E-state index >= 15 is 0 Å². The third-order valence-corrected chi connectivity index (χ3v) is 6.15. The standard InChI is InChI=1S/C19H19Cl2FN2O4S/c1-11(15-9-18(22)17(21)10-16(15)20)24-19(26)6-7-23-29(27,28)14-5-3-4-13(8-14)12(2)25/h3-5,8-11,23H,6-7H2,1-2H3,(H,24,26). The average molecular weight is 461 g/mol. The molecule has 0 aliphatic carbocycles. The molecule has 0 heterocycles. The first kappa shape index (κ1) is 23.3. The van der Waals surface area contributed by atoms with Crippen LogP contribution in [0.3, 0.4) is 0 Å². The number of amides is 1. The van der Waals surface area contributed by atoms with Crippen LogP contribution in [0.15, 0.2) is 41.3 Å². The van der Waals surface area contributed by atoms with Gasteiger partial charge in [-0.3, -0.25) is 9.59 Å². The van der Waals surface area contributed by atoms with Gasteiger partial charge in [0.15, 0.2) is 5.78 Å². The molecule has 2 N–H and O–H groups in total. The summed E-state index contributed by atoms with van der Waals surface area (Å²) in [6.07, 6.45) is -0.149. The summed E-state index contributed by atoms with van der Waals surface area (Å²) < 4.78 is 40.6. The molecule has 0 saturated carbocycles. The van der Waals surface area contributed by atoms with Crippen molar-refractivity contribution in [1.82, 2.24) is 10.0 Å². The van der Waals surface area contributed by atoms with Gasteiger partial charge in [-0.1, -0.05) is 35.3 Å². The third-order valence-electron chi connectivity index (χ3n) is 4.08. The molecule has 0 aromatic heterocycles. The van der Waals surface area contributed by atoms with Gasteiger partial charge in [0.25, 0.3) is 0 Å². The molecule has 2 aromatic carbocycles. The van der Waals surface area contributed by atoms with Crippen LogP contribution in [-0.4, -0.2) is 26.7 Å². The highest BCUT2D eigenvalue weighted by Gasteiger charge is 2.18. The molecular formula is C19H19Cl2FN2O4S. The van der Waals surface area contributed by atoms with E-state index in [2.05, 4.69) is 10.0 Å². The van der Waals surface area contributed by atoms with Gasteiger partial charge in [0, 0.05) is 23.6 Å². The van der Waals surface area contributed by atoms with Crippen LogP contribution < -0.4 is 10.0 Å². The van der Waals surface area contributed by atoms with E-state index in [-0.39, 0.29) is 39.3 Å². The number of sulfonamides is 1. The Bertz CT molecular complexity index is 1040. The summed E-state index contributed by atoms with van der Waals surface area (Å²) in [5, 5.41) is 2.70. The van der Waals surface area contributed by atoms with Crippen LogP contribution in [0.25, 0.3) is 0 Å². The van der Waals surface area contributed by atoms with Crippen LogP contribution in [-0.2, 0) is 14.8 Å². The molecule has 2 rings (SSSR count). The van der Waals surface area contributed by atoms with Gasteiger partial charge < -0.3 is 5.32 Å². The number of carbonyl (C=O) groups is 2. The van der Waals surface area contributed by atoms with Crippen molar-refractivity contribution < 1.29 is 22.4 Å². The smallest absolute Gasteiger partial charge is 0.240 e. The topological polar surface area (TPSA) is 92.3 Å². The number of hydrogen-bond acceptors (Lipinski definition) is 4. The average Bonchev–Trinajstić information content (AvgIpc) is 2.64. The number of hydrogen-bond donors (Lipinski definition) is 2. The molecule has 0 bridgehead atoms. The number of rotatable bonds is 8. The number of ketones is 1. The van der Waals surface area contributed by atoms with Crippen molar-refractivity contribution in [3.63, 3.8) is 0 Å². The van der Waals surface area contributed by atoms with E-state index in [9.17, 15) is 22.4 Å². The number of benzene rings is 2. The van der Waals surface area contributed by atoms with Gasteiger partial charge >= 0.3 is 0 Å². The van der Waals surface area contributed by atoms with E-state index in [4.69, 9.17) is 23.2 Å². The molecule has 1 unspecified atom stereocenters. The van der Waals surface area contributed by atoms with Gasteiger partial charge in [-0.05, 0) is 43.7 Å². The third kappa shape index (κ3) is 6.24. The Morgan fingerprint density at radius 2 is 1.83 bits per heavy atom. The molecule has 0 saturated heterocycles. The molecule has 0 fully saturated rings. The zero-order valence-electron chi connectivity index (χ0n) is 15.6. The molecule has 10 heteroatoms. The monoisotopic (exact) mass is 460 g/mol. The Morgan fingerprint density at radius 1 is 1.14 bits per heavy atom. The minimum Gasteiger partial charge on any atom is -0.349 e. The summed E-state index contributed by atoms with van der Waals surface area (Å²) in [4.78, 5) is 23.4. The summed E-state index contributed by atoms with van der Waals surface area (Å²) in [5.74, 6) is -1.37. The van der Waals surface area contributed by atoms with Crippen molar-refractivity contribution in [2.24, 2.45) is 0 Å². The van der Waals surface area contributed by atoms with Crippen molar-refractivity contribution in [1.29, 1.82) is 0 Å². The summed E-state index contributed by atoms with van der Waals surface area (Å²) >= 11 is 11.7. The highest BCUT2D eigenvalue weighted by Crippen LogP contribution is 2.28. The Morgan fingerprint density at radius 3 is 2.48 bits per heavy atom. The lowest BCUT2D eigenvalue weighted by molar-refractivity contribution is -0.121. The Kier molecular flexibility index (Phi) is 7.76. The van der Waals surface area contributed by atoms with E-state index in [1.807, 2.05) is 0 Å². The molecule has 156 valence electrons. The normalized spacial score (nSPS) is 12.4. The lowest BCUT2D eigenvalue weighted by Crippen LogP contribution is -2.32. The number of halogens is 3. The number of carbonyl (C=O) groups excluding carboxylic acids is 2. The molecule has 0 aliphatic heterocycles. The molecular weight excluding hydrogens is 442 g/mol. The van der Waals surface area contributed by atoms with E-state index < -0.39 is 27.8 Å². The zero-order chi connectivity index (χ0) is 21.8. The molecule has 1 amide bonds. The van der Waals surface area contributed by atoms with E-state index in [1.54, 1.807) is 6.92 Å². The molecule has 2 aromatic rings. The second kappa shape index (κ2) is 9.67. The second-order valence-corrected chi connectivity index (χ2v) is 8.89. The summed E-state index contributed by atoms with van der Waals surface area (Å²) in [5.41, 5.74) is 0.620. The molecule has 0 aliphatic rings. The van der Waals surface area contributed by atoms with Gasteiger partial charge in [0.2, 0.25) is 15.9 Å². The van der Waals surface area contributed by atoms with Crippen molar-refractivity contribution in [3.8, 4) is 0 Å². The van der Waals surface area contributed by atoms with Crippen LogP contribution in [0.2, 0.25) is 10.0 Å². The van der Waals surface area contributed by atoms with Crippen molar-refractivity contribution in [3.05, 3.63) is 63.4 Å². The van der Waals surface area contributed by atoms with Crippen LogP contribution >= 0.6 is 23.2 Å².